The van der Waals surface area contributed by atoms with Gasteiger partial charge in [0.1, 0.15) is 0 Å². The van der Waals surface area contributed by atoms with Crippen molar-refractivity contribution in [3.05, 3.63) is 29.8 Å². The Morgan fingerprint density at radius 1 is 1.25 bits per heavy atom. The Morgan fingerprint density at radius 3 is 2.31 bits per heavy atom. The van der Waals surface area contributed by atoms with Crippen LogP contribution in [0.4, 0.5) is 0 Å². The molecule has 0 heterocycles. The van der Waals surface area contributed by atoms with Crippen molar-refractivity contribution in [2.75, 3.05) is 6.54 Å². The van der Waals surface area contributed by atoms with E-state index in [1.165, 1.54) is 24.8 Å². The lowest BCUT2D eigenvalue weighted by atomic mass is 9.80. The van der Waals surface area contributed by atoms with Crippen LogP contribution in [0.5, 0.6) is 0 Å². The Balaban J connectivity index is 2.18. The van der Waals surface area contributed by atoms with E-state index in [2.05, 4.69) is 4.72 Å². The highest BCUT2D eigenvalue weighted by molar-refractivity contribution is 7.89. The molecular weight excluding hydrogens is 222 g/mol. The molecule has 0 aliphatic heterocycles. The number of hydrogen-bond acceptors (Lipinski definition) is 2. The molecule has 0 saturated heterocycles. The fourth-order valence-electron chi connectivity index (χ4n) is 1.93. The molecule has 1 N–H and O–H groups in total. The zero-order valence-electron chi connectivity index (χ0n) is 9.44. The van der Waals surface area contributed by atoms with Gasteiger partial charge in [0, 0.05) is 6.54 Å². The summed E-state index contributed by atoms with van der Waals surface area (Å²) in [6.07, 6.45) is 3.76. The van der Waals surface area contributed by atoms with E-state index in [1.807, 2.05) is 12.1 Å². The van der Waals surface area contributed by atoms with Crippen LogP contribution in [0.3, 0.4) is 0 Å². The normalized spacial score (nSPS) is 17.1. The summed E-state index contributed by atoms with van der Waals surface area (Å²) in [7, 11) is -3.29. The smallest absolute Gasteiger partial charge is 0.211 e. The predicted molar refractivity (Wildman–Crippen MR) is 63.9 cm³/mol. The second-order valence-corrected chi connectivity index (χ2v) is 5.97. The van der Waals surface area contributed by atoms with Crippen LogP contribution in [0, 0.1) is 0 Å². The van der Waals surface area contributed by atoms with Crippen LogP contribution in [0.25, 0.3) is 0 Å². The maximum Gasteiger partial charge on any atom is 0.240 e. The van der Waals surface area contributed by atoms with Gasteiger partial charge in [-0.15, -0.1) is 0 Å². The number of benzene rings is 1. The van der Waals surface area contributed by atoms with E-state index in [1.54, 1.807) is 19.1 Å². The molecule has 1 aliphatic rings. The van der Waals surface area contributed by atoms with E-state index >= 15 is 0 Å². The van der Waals surface area contributed by atoms with Gasteiger partial charge in [-0.05, 0) is 36.5 Å². The van der Waals surface area contributed by atoms with Crippen molar-refractivity contribution in [1.82, 2.24) is 4.72 Å². The third kappa shape index (κ3) is 2.28. The minimum absolute atomic E-state index is 0.359. The van der Waals surface area contributed by atoms with E-state index < -0.39 is 10.0 Å². The molecule has 0 bridgehead atoms. The van der Waals surface area contributed by atoms with Crippen LogP contribution in [-0.4, -0.2) is 15.0 Å². The second-order valence-electron chi connectivity index (χ2n) is 4.20. The zero-order chi connectivity index (χ0) is 11.6. The minimum atomic E-state index is -3.29. The van der Waals surface area contributed by atoms with Crippen molar-refractivity contribution in [3.63, 3.8) is 0 Å². The highest BCUT2D eigenvalue weighted by Crippen LogP contribution is 2.36. The number of rotatable bonds is 4. The molecule has 0 aromatic heterocycles. The van der Waals surface area contributed by atoms with Crippen LogP contribution in [0.15, 0.2) is 29.2 Å². The first-order valence-electron chi connectivity index (χ1n) is 5.73. The van der Waals surface area contributed by atoms with Gasteiger partial charge in [0.15, 0.2) is 0 Å². The van der Waals surface area contributed by atoms with Gasteiger partial charge in [0.25, 0.3) is 0 Å². The summed E-state index contributed by atoms with van der Waals surface area (Å²) in [4.78, 5) is 0.359. The molecule has 1 aliphatic carbocycles. The monoisotopic (exact) mass is 239 g/mol. The SMILES string of the molecule is CCNS(=O)(=O)c1ccc(C2CCC2)cc1. The quantitative estimate of drug-likeness (QED) is 0.876. The van der Waals surface area contributed by atoms with Gasteiger partial charge in [-0.3, -0.25) is 0 Å². The lowest BCUT2D eigenvalue weighted by Crippen LogP contribution is -2.23. The van der Waals surface area contributed by atoms with Gasteiger partial charge in [-0.1, -0.05) is 25.5 Å². The van der Waals surface area contributed by atoms with Crippen LogP contribution < -0.4 is 4.72 Å². The van der Waals surface area contributed by atoms with E-state index in [9.17, 15) is 8.42 Å². The molecule has 0 atom stereocenters. The molecule has 88 valence electrons. The van der Waals surface area contributed by atoms with Crippen LogP contribution in [-0.2, 0) is 10.0 Å². The van der Waals surface area contributed by atoms with Gasteiger partial charge in [0.2, 0.25) is 10.0 Å². The van der Waals surface area contributed by atoms with Gasteiger partial charge in [0.05, 0.1) is 4.90 Å². The lowest BCUT2D eigenvalue weighted by Gasteiger charge is -2.25. The molecule has 1 saturated carbocycles. The second kappa shape index (κ2) is 4.55. The first kappa shape index (κ1) is 11.6. The average molecular weight is 239 g/mol. The Labute approximate surface area is 96.9 Å². The Morgan fingerprint density at radius 2 is 1.88 bits per heavy atom. The average Bonchev–Trinajstić information content (AvgIpc) is 2.16. The molecule has 0 radical (unpaired) electrons. The van der Waals surface area contributed by atoms with Gasteiger partial charge in [-0.2, -0.15) is 0 Å². The predicted octanol–water partition coefficient (Wildman–Crippen LogP) is 2.25. The van der Waals surface area contributed by atoms with Crippen molar-refractivity contribution in [3.8, 4) is 0 Å². The summed E-state index contributed by atoms with van der Waals surface area (Å²) in [5.74, 6) is 0.649. The largest absolute Gasteiger partial charge is 0.240 e. The first-order valence-corrected chi connectivity index (χ1v) is 7.21. The maximum atomic E-state index is 11.7. The van der Waals surface area contributed by atoms with Gasteiger partial charge < -0.3 is 0 Å². The van der Waals surface area contributed by atoms with Gasteiger partial charge in [-0.25, -0.2) is 13.1 Å². The van der Waals surface area contributed by atoms with Crippen LogP contribution in [0.1, 0.15) is 37.7 Å². The van der Waals surface area contributed by atoms with Crippen molar-refractivity contribution in [2.24, 2.45) is 0 Å². The molecule has 0 spiro atoms. The molecule has 2 rings (SSSR count). The molecule has 1 fully saturated rings. The van der Waals surface area contributed by atoms with Crippen LogP contribution in [0.2, 0.25) is 0 Å². The van der Waals surface area contributed by atoms with E-state index in [4.69, 9.17) is 0 Å². The summed E-state index contributed by atoms with van der Waals surface area (Å²) >= 11 is 0. The zero-order valence-corrected chi connectivity index (χ0v) is 10.3. The highest BCUT2D eigenvalue weighted by Gasteiger charge is 2.20. The molecule has 1 aromatic carbocycles. The minimum Gasteiger partial charge on any atom is -0.211 e. The summed E-state index contributed by atoms with van der Waals surface area (Å²) in [5, 5.41) is 0. The summed E-state index contributed by atoms with van der Waals surface area (Å²) in [5.41, 5.74) is 1.27. The maximum absolute atomic E-state index is 11.7. The summed E-state index contributed by atoms with van der Waals surface area (Å²) in [6.45, 7) is 2.20. The molecule has 16 heavy (non-hydrogen) atoms. The lowest BCUT2D eigenvalue weighted by molar-refractivity contribution is 0.419. The first-order chi connectivity index (χ1) is 7.63. The Hall–Kier alpha value is -0.870. The fraction of sp³-hybridized carbons (Fsp3) is 0.500. The van der Waals surface area contributed by atoms with E-state index in [0.717, 1.165) is 0 Å². The number of sulfonamides is 1. The van der Waals surface area contributed by atoms with Gasteiger partial charge >= 0.3 is 0 Å². The fourth-order valence-corrected chi connectivity index (χ4v) is 2.98. The summed E-state index contributed by atoms with van der Waals surface area (Å²) < 4.78 is 25.9. The van der Waals surface area contributed by atoms with E-state index in [0.29, 0.717) is 17.4 Å². The molecule has 1 aromatic rings. The Kier molecular flexibility index (Phi) is 3.30. The van der Waals surface area contributed by atoms with E-state index in [-0.39, 0.29) is 0 Å². The number of hydrogen-bond donors (Lipinski definition) is 1. The highest BCUT2D eigenvalue weighted by atomic mass is 32.2. The van der Waals surface area contributed by atoms with Crippen molar-refractivity contribution < 1.29 is 8.42 Å². The standard InChI is InChI=1S/C12H17NO2S/c1-2-13-16(14,15)12-8-6-11(7-9-12)10-4-3-5-10/h6-10,13H,2-5H2,1H3. The number of nitrogens with one attached hydrogen (secondary N) is 1. The Bertz CT molecular complexity index is 446. The third-order valence-electron chi connectivity index (χ3n) is 3.10. The molecule has 0 amide bonds. The topological polar surface area (TPSA) is 46.2 Å². The third-order valence-corrected chi connectivity index (χ3v) is 4.66. The molecule has 3 nitrogen and oxygen atoms in total. The summed E-state index contributed by atoms with van der Waals surface area (Å²) in [6, 6.07) is 7.28. The molecule has 0 unspecified atom stereocenters. The van der Waals surface area contributed by atoms with Crippen molar-refractivity contribution >= 4 is 10.0 Å². The van der Waals surface area contributed by atoms with Crippen molar-refractivity contribution in [1.29, 1.82) is 0 Å². The van der Waals surface area contributed by atoms with Crippen molar-refractivity contribution in [2.45, 2.75) is 37.0 Å². The van der Waals surface area contributed by atoms with Crippen LogP contribution >= 0.6 is 0 Å². The molecular formula is C12H17NO2S. The molecule has 4 heteroatoms.